The van der Waals surface area contributed by atoms with Crippen LogP contribution in [0.5, 0.6) is 0 Å². The molecule has 0 radical (unpaired) electrons. The van der Waals surface area contributed by atoms with Crippen LogP contribution in [0.3, 0.4) is 0 Å². The van der Waals surface area contributed by atoms with Crippen LogP contribution in [-0.2, 0) is 0 Å². The van der Waals surface area contributed by atoms with E-state index in [1.54, 1.807) is 0 Å². The summed E-state index contributed by atoms with van der Waals surface area (Å²) in [5.41, 5.74) is 3.63. The molecule has 2 nitrogen and oxygen atoms in total. The summed E-state index contributed by atoms with van der Waals surface area (Å²) in [5, 5.41) is 0. The van der Waals surface area contributed by atoms with Gasteiger partial charge in [0.2, 0.25) is 0 Å². The van der Waals surface area contributed by atoms with E-state index < -0.39 is 0 Å². The van der Waals surface area contributed by atoms with Crippen LogP contribution >= 0.6 is 0 Å². The minimum atomic E-state index is 0.539. The Morgan fingerprint density at radius 3 is 2.69 bits per heavy atom. The zero-order chi connectivity index (χ0) is 9.42. The quantitative estimate of drug-likeness (QED) is 0.649. The smallest absolute Gasteiger partial charge is 0.137 e. The van der Waals surface area contributed by atoms with E-state index in [1.165, 1.54) is 11.4 Å². The topological polar surface area (TPSA) is 17.3 Å². The maximum Gasteiger partial charge on any atom is 0.137 e. The minimum absolute atomic E-state index is 0.539. The van der Waals surface area contributed by atoms with E-state index in [9.17, 15) is 0 Å². The van der Waals surface area contributed by atoms with Crippen LogP contribution in [0.25, 0.3) is 5.65 Å². The van der Waals surface area contributed by atoms with E-state index in [0.717, 1.165) is 5.65 Å². The first-order valence-corrected chi connectivity index (χ1v) is 4.63. The highest BCUT2D eigenvalue weighted by Crippen LogP contribution is 2.17. The highest BCUT2D eigenvalue weighted by Gasteiger charge is 2.06. The summed E-state index contributed by atoms with van der Waals surface area (Å²) < 4.78 is 2.21. The summed E-state index contributed by atoms with van der Waals surface area (Å²) in [6.07, 6.45) is 1.88. The number of aromatic nitrogens is 2. The predicted molar refractivity (Wildman–Crippen MR) is 54.0 cm³/mol. The summed E-state index contributed by atoms with van der Waals surface area (Å²) in [4.78, 5) is 4.31. The standard InChI is InChI=1S/C11H14N2/c1-8(2)10-6-7-12-11-5-4-9(3)13(10)11/h4-8H,1-3H3. The van der Waals surface area contributed by atoms with Gasteiger partial charge in [-0.05, 0) is 31.0 Å². The molecule has 68 valence electrons. The molecule has 0 spiro atoms. The zero-order valence-corrected chi connectivity index (χ0v) is 8.28. The van der Waals surface area contributed by atoms with Crippen LogP contribution < -0.4 is 0 Å². The van der Waals surface area contributed by atoms with Crippen LogP contribution in [0.4, 0.5) is 0 Å². The molecule has 0 bridgehead atoms. The van der Waals surface area contributed by atoms with Crippen molar-refractivity contribution in [3.63, 3.8) is 0 Å². The van der Waals surface area contributed by atoms with Crippen LogP contribution in [0.2, 0.25) is 0 Å². The molecular weight excluding hydrogens is 160 g/mol. The zero-order valence-electron chi connectivity index (χ0n) is 8.28. The first-order valence-electron chi connectivity index (χ1n) is 4.63. The number of hydrogen-bond donors (Lipinski definition) is 0. The van der Waals surface area contributed by atoms with Gasteiger partial charge in [0.25, 0.3) is 0 Å². The maximum atomic E-state index is 4.31. The molecule has 0 atom stereocenters. The molecule has 13 heavy (non-hydrogen) atoms. The van der Waals surface area contributed by atoms with Crippen molar-refractivity contribution in [2.45, 2.75) is 26.7 Å². The van der Waals surface area contributed by atoms with Crippen molar-refractivity contribution in [3.8, 4) is 0 Å². The molecule has 2 heterocycles. The predicted octanol–water partition coefficient (Wildman–Crippen LogP) is 2.77. The van der Waals surface area contributed by atoms with E-state index in [4.69, 9.17) is 0 Å². The molecule has 0 unspecified atom stereocenters. The Bertz CT molecular complexity index is 427. The van der Waals surface area contributed by atoms with Crippen LogP contribution in [0.15, 0.2) is 24.4 Å². The summed E-state index contributed by atoms with van der Waals surface area (Å²) >= 11 is 0. The third kappa shape index (κ3) is 1.22. The molecule has 0 aliphatic rings. The monoisotopic (exact) mass is 174 g/mol. The summed E-state index contributed by atoms with van der Waals surface area (Å²) in [5.74, 6) is 0.539. The average Bonchev–Trinajstić information content (AvgIpc) is 2.48. The number of nitrogens with zero attached hydrogens (tertiary/aromatic N) is 2. The van der Waals surface area contributed by atoms with Crippen LogP contribution in [0, 0.1) is 6.92 Å². The van der Waals surface area contributed by atoms with E-state index in [0.29, 0.717) is 5.92 Å². The van der Waals surface area contributed by atoms with Crippen LogP contribution in [-0.4, -0.2) is 9.38 Å². The fraction of sp³-hybridized carbons (Fsp3) is 0.364. The molecule has 0 fully saturated rings. The Morgan fingerprint density at radius 2 is 2.00 bits per heavy atom. The minimum Gasteiger partial charge on any atom is -0.303 e. The van der Waals surface area contributed by atoms with Gasteiger partial charge in [0, 0.05) is 17.6 Å². The number of fused-ring (bicyclic) bond motifs is 1. The van der Waals surface area contributed by atoms with Gasteiger partial charge >= 0.3 is 0 Å². The number of aryl methyl sites for hydroxylation is 1. The van der Waals surface area contributed by atoms with Gasteiger partial charge in [-0.2, -0.15) is 0 Å². The normalized spacial score (nSPS) is 11.4. The Kier molecular flexibility index (Phi) is 1.83. The molecule has 2 aromatic rings. The van der Waals surface area contributed by atoms with Crippen molar-refractivity contribution < 1.29 is 0 Å². The third-order valence-corrected chi connectivity index (χ3v) is 2.36. The first kappa shape index (κ1) is 8.30. The number of hydrogen-bond acceptors (Lipinski definition) is 1. The van der Waals surface area contributed by atoms with Crippen molar-refractivity contribution in [2.24, 2.45) is 0 Å². The average molecular weight is 174 g/mol. The molecule has 0 amide bonds. The largest absolute Gasteiger partial charge is 0.303 e. The second-order valence-electron chi connectivity index (χ2n) is 3.69. The maximum absolute atomic E-state index is 4.31. The first-order chi connectivity index (χ1) is 6.20. The Hall–Kier alpha value is -1.31. The summed E-state index contributed by atoms with van der Waals surface area (Å²) in [7, 11) is 0. The second kappa shape index (κ2) is 2.87. The second-order valence-corrected chi connectivity index (χ2v) is 3.69. The highest BCUT2D eigenvalue weighted by atomic mass is 15.0. The Balaban J connectivity index is 2.80. The summed E-state index contributed by atoms with van der Waals surface area (Å²) in [6, 6.07) is 6.25. The van der Waals surface area contributed by atoms with E-state index in [2.05, 4.69) is 48.4 Å². The molecule has 2 aromatic heterocycles. The highest BCUT2D eigenvalue weighted by molar-refractivity contribution is 5.43. The lowest BCUT2D eigenvalue weighted by Crippen LogP contribution is -2.01. The van der Waals surface area contributed by atoms with Crippen molar-refractivity contribution in [1.82, 2.24) is 9.38 Å². The lowest BCUT2D eigenvalue weighted by Gasteiger charge is -2.10. The van der Waals surface area contributed by atoms with E-state index in [1.807, 2.05) is 6.20 Å². The van der Waals surface area contributed by atoms with Gasteiger partial charge in [0.15, 0.2) is 0 Å². The van der Waals surface area contributed by atoms with Gasteiger partial charge < -0.3 is 4.40 Å². The van der Waals surface area contributed by atoms with Gasteiger partial charge in [-0.3, -0.25) is 0 Å². The van der Waals surface area contributed by atoms with Gasteiger partial charge in [-0.1, -0.05) is 13.8 Å². The lowest BCUT2D eigenvalue weighted by molar-refractivity contribution is 0.787. The van der Waals surface area contributed by atoms with Gasteiger partial charge in [0.05, 0.1) is 0 Å². The van der Waals surface area contributed by atoms with Gasteiger partial charge in [-0.15, -0.1) is 0 Å². The lowest BCUT2D eigenvalue weighted by atomic mass is 10.1. The molecule has 0 aromatic carbocycles. The molecular formula is C11H14N2. The molecule has 0 saturated heterocycles. The molecule has 2 heteroatoms. The third-order valence-electron chi connectivity index (χ3n) is 2.36. The SMILES string of the molecule is Cc1ccc2nccc(C(C)C)n12. The van der Waals surface area contributed by atoms with E-state index in [-0.39, 0.29) is 0 Å². The van der Waals surface area contributed by atoms with Crippen molar-refractivity contribution >= 4 is 5.65 Å². The Morgan fingerprint density at radius 1 is 1.23 bits per heavy atom. The van der Waals surface area contributed by atoms with Gasteiger partial charge in [-0.25, -0.2) is 4.98 Å². The summed E-state index contributed by atoms with van der Waals surface area (Å²) in [6.45, 7) is 6.52. The molecule has 0 aliphatic carbocycles. The van der Waals surface area contributed by atoms with Crippen molar-refractivity contribution in [1.29, 1.82) is 0 Å². The van der Waals surface area contributed by atoms with E-state index >= 15 is 0 Å². The molecule has 0 aliphatic heterocycles. The molecule has 2 rings (SSSR count). The van der Waals surface area contributed by atoms with Gasteiger partial charge in [0.1, 0.15) is 5.65 Å². The van der Waals surface area contributed by atoms with Crippen molar-refractivity contribution in [2.75, 3.05) is 0 Å². The van der Waals surface area contributed by atoms with Crippen molar-refractivity contribution in [3.05, 3.63) is 35.8 Å². The molecule has 0 saturated carbocycles. The Labute approximate surface area is 78.2 Å². The fourth-order valence-corrected chi connectivity index (χ4v) is 1.68. The van der Waals surface area contributed by atoms with Crippen LogP contribution in [0.1, 0.15) is 31.2 Å². The fourth-order valence-electron chi connectivity index (χ4n) is 1.68. The molecule has 0 N–H and O–H groups in total. The number of rotatable bonds is 1.